The van der Waals surface area contributed by atoms with E-state index in [1.807, 2.05) is 30.3 Å². The molecule has 2 amide bonds. The standard InChI is InChI=1S/C18H16Cl2N2O2/c19-14-7-15(20)9-16(8-14)21-18(24)13-6-17(23)22(11-13)10-12-4-2-1-3-5-12/h1-5,7-9,13H,6,10-11H2,(H,21,24)/t13-/m0/s1. The number of hydrogen-bond acceptors (Lipinski definition) is 2. The van der Waals surface area contributed by atoms with Crippen LogP contribution < -0.4 is 5.32 Å². The van der Waals surface area contributed by atoms with E-state index < -0.39 is 0 Å². The van der Waals surface area contributed by atoms with Gasteiger partial charge in [-0.05, 0) is 23.8 Å². The lowest BCUT2D eigenvalue weighted by molar-refractivity contribution is -0.128. The van der Waals surface area contributed by atoms with Gasteiger partial charge in [0.15, 0.2) is 0 Å². The Hall–Kier alpha value is -2.04. The Labute approximate surface area is 150 Å². The van der Waals surface area contributed by atoms with Crippen LogP contribution >= 0.6 is 23.2 Å². The van der Waals surface area contributed by atoms with E-state index in [2.05, 4.69) is 5.32 Å². The van der Waals surface area contributed by atoms with Crippen molar-refractivity contribution in [2.24, 2.45) is 5.92 Å². The first-order valence-corrected chi connectivity index (χ1v) is 8.35. The van der Waals surface area contributed by atoms with Crippen LogP contribution in [0.5, 0.6) is 0 Å². The van der Waals surface area contributed by atoms with Crippen molar-refractivity contribution in [2.45, 2.75) is 13.0 Å². The molecule has 0 unspecified atom stereocenters. The molecule has 3 rings (SSSR count). The van der Waals surface area contributed by atoms with Gasteiger partial charge in [0.05, 0.1) is 5.92 Å². The smallest absolute Gasteiger partial charge is 0.229 e. The van der Waals surface area contributed by atoms with E-state index in [4.69, 9.17) is 23.2 Å². The third kappa shape index (κ3) is 4.08. The fourth-order valence-corrected chi connectivity index (χ4v) is 3.30. The Morgan fingerprint density at radius 2 is 1.79 bits per heavy atom. The second-order valence-corrected chi connectivity index (χ2v) is 6.68. The minimum absolute atomic E-state index is 0.0110. The molecule has 24 heavy (non-hydrogen) atoms. The second kappa shape index (κ2) is 7.24. The average Bonchev–Trinajstić information content (AvgIpc) is 2.88. The summed E-state index contributed by atoms with van der Waals surface area (Å²) in [6.07, 6.45) is 0.215. The number of halogens is 2. The van der Waals surface area contributed by atoms with Crippen molar-refractivity contribution < 1.29 is 9.59 Å². The van der Waals surface area contributed by atoms with Crippen molar-refractivity contribution >= 4 is 40.7 Å². The Morgan fingerprint density at radius 1 is 1.12 bits per heavy atom. The number of nitrogens with one attached hydrogen (secondary N) is 1. The Kier molecular flexibility index (Phi) is 5.07. The van der Waals surface area contributed by atoms with Gasteiger partial charge in [-0.3, -0.25) is 9.59 Å². The first-order valence-electron chi connectivity index (χ1n) is 7.60. The molecule has 1 aliphatic rings. The Morgan fingerprint density at radius 3 is 2.46 bits per heavy atom. The van der Waals surface area contributed by atoms with E-state index in [0.717, 1.165) is 5.56 Å². The summed E-state index contributed by atoms with van der Waals surface area (Å²) < 4.78 is 0. The van der Waals surface area contributed by atoms with Gasteiger partial charge >= 0.3 is 0 Å². The van der Waals surface area contributed by atoms with Gasteiger partial charge < -0.3 is 10.2 Å². The predicted octanol–water partition coefficient (Wildman–Crippen LogP) is 3.98. The first kappa shape index (κ1) is 16.8. The molecule has 0 saturated carbocycles. The van der Waals surface area contributed by atoms with E-state index in [0.29, 0.717) is 28.8 Å². The van der Waals surface area contributed by atoms with E-state index in [9.17, 15) is 9.59 Å². The number of carbonyl (C=O) groups is 2. The third-order valence-corrected chi connectivity index (χ3v) is 4.37. The molecule has 6 heteroatoms. The Balaban J connectivity index is 1.63. The molecule has 1 aliphatic heterocycles. The van der Waals surface area contributed by atoms with Crippen LogP contribution in [-0.2, 0) is 16.1 Å². The third-order valence-electron chi connectivity index (χ3n) is 3.93. The Bertz CT molecular complexity index is 745. The molecule has 2 aromatic rings. The molecule has 0 bridgehead atoms. The van der Waals surface area contributed by atoms with Crippen molar-refractivity contribution in [1.82, 2.24) is 4.90 Å². The van der Waals surface area contributed by atoms with Gasteiger partial charge in [-0.2, -0.15) is 0 Å². The molecule has 124 valence electrons. The molecule has 1 N–H and O–H groups in total. The van der Waals surface area contributed by atoms with Crippen molar-refractivity contribution in [3.8, 4) is 0 Å². The lowest BCUT2D eigenvalue weighted by Crippen LogP contribution is -2.28. The summed E-state index contributed by atoms with van der Waals surface area (Å²) in [5.74, 6) is -0.584. The normalized spacial score (nSPS) is 17.2. The van der Waals surface area contributed by atoms with Crippen molar-refractivity contribution in [2.75, 3.05) is 11.9 Å². The van der Waals surface area contributed by atoms with E-state index in [1.54, 1.807) is 23.1 Å². The van der Waals surface area contributed by atoms with Crippen LogP contribution in [0.25, 0.3) is 0 Å². The maximum Gasteiger partial charge on any atom is 0.229 e. The molecule has 0 aromatic heterocycles. The van der Waals surface area contributed by atoms with E-state index in [1.165, 1.54) is 0 Å². The number of likely N-dealkylation sites (tertiary alicyclic amines) is 1. The molecule has 1 saturated heterocycles. The van der Waals surface area contributed by atoms with Gasteiger partial charge in [0.2, 0.25) is 11.8 Å². The molecule has 0 spiro atoms. The number of hydrogen-bond donors (Lipinski definition) is 1. The molecule has 2 aromatic carbocycles. The van der Waals surface area contributed by atoms with Crippen LogP contribution in [0.4, 0.5) is 5.69 Å². The van der Waals surface area contributed by atoms with Gasteiger partial charge in [0.1, 0.15) is 0 Å². The van der Waals surface area contributed by atoms with Crippen LogP contribution in [0.3, 0.4) is 0 Å². The number of anilines is 1. The quantitative estimate of drug-likeness (QED) is 0.893. The topological polar surface area (TPSA) is 49.4 Å². The number of rotatable bonds is 4. The summed E-state index contributed by atoms with van der Waals surface area (Å²) in [5.41, 5.74) is 1.58. The van der Waals surface area contributed by atoms with Crippen molar-refractivity contribution in [3.63, 3.8) is 0 Å². The molecule has 0 radical (unpaired) electrons. The summed E-state index contributed by atoms with van der Waals surface area (Å²) in [7, 11) is 0. The molecule has 1 fully saturated rings. The van der Waals surface area contributed by atoms with Gasteiger partial charge in [0, 0.05) is 35.2 Å². The zero-order valence-electron chi connectivity index (χ0n) is 12.8. The molecular formula is C18H16Cl2N2O2. The highest BCUT2D eigenvalue weighted by atomic mass is 35.5. The van der Waals surface area contributed by atoms with Crippen LogP contribution in [-0.4, -0.2) is 23.3 Å². The maximum absolute atomic E-state index is 12.4. The zero-order chi connectivity index (χ0) is 17.1. The number of nitrogens with zero attached hydrogens (tertiary/aromatic N) is 1. The largest absolute Gasteiger partial charge is 0.338 e. The van der Waals surface area contributed by atoms with E-state index >= 15 is 0 Å². The summed E-state index contributed by atoms with van der Waals surface area (Å²) in [6.45, 7) is 0.931. The molecule has 1 atom stereocenters. The van der Waals surface area contributed by atoms with Crippen LogP contribution in [0.2, 0.25) is 10.0 Å². The highest BCUT2D eigenvalue weighted by molar-refractivity contribution is 6.35. The molecule has 1 heterocycles. The minimum Gasteiger partial charge on any atom is -0.338 e. The summed E-state index contributed by atoms with van der Waals surface area (Å²) >= 11 is 11.9. The van der Waals surface area contributed by atoms with Gasteiger partial charge in [0.25, 0.3) is 0 Å². The van der Waals surface area contributed by atoms with Crippen LogP contribution in [0.15, 0.2) is 48.5 Å². The van der Waals surface area contributed by atoms with Crippen LogP contribution in [0.1, 0.15) is 12.0 Å². The highest BCUT2D eigenvalue weighted by Gasteiger charge is 2.34. The number of benzene rings is 2. The second-order valence-electron chi connectivity index (χ2n) is 5.81. The fourth-order valence-electron chi connectivity index (χ4n) is 2.77. The highest BCUT2D eigenvalue weighted by Crippen LogP contribution is 2.25. The van der Waals surface area contributed by atoms with Crippen molar-refractivity contribution in [1.29, 1.82) is 0 Å². The lowest BCUT2D eigenvalue weighted by atomic mass is 10.1. The van der Waals surface area contributed by atoms with Gasteiger partial charge in [-0.15, -0.1) is 0 Å². The average molecular weight is 363 g/mol. The summed E-state index contributed by atoms with van der Waals surface area (Å²) in [6, 6.07) is 14.6. The maximum atomic E-state index is 12.4. The number of carbonyl (C=O) groups excluding carboxylic acids is 2. The SMILES string of the molecule is O=C(Nc1cc(Cl)cc(Cl)c1)[C@H]1CC(=O)N(Cc2ccccc2)C1. The molecular weight excluding hydrogens is 347 g/mol. The molecule has 4 nitrogen and oxygen atoms in total. The van der Waals surface area contributed by atoms with Crippen LogP contribution in [0, 0.1) is 5.92 Å². The summed E-state index contributed by atoms with van der Waals surface area (Å²) in [5, 5.41) is 3.68. The summed E-state index contributed by atoms with van der Waals surface area (Å²) in [4.78, 5) is 26.3. The zero-order valence-corrected chi connectivity index (χ0v) is 14.3. The minimum atomic E-state index is -0.376. The molecule has 0 aliphatic carbocycles. The van der Waals surface area contributed by atoms with Crippen molar-refractivity contribution in [3.05, 3.63) is 64.1 Å². The fraction of sp³-hybridized carbons (Fsp3) is 0.222. The van der Waals surface area contributed by atoms with Gasteiger partial charge in [-0.1, -0.05) is 53.5 Å². The predicted molar refractivity (Wildman–Crippen MR) is 95.1 cm³/mol. The first-order chi connectivity index (χ1) is 11.5. The van der Waals surface area contributed by atoms with Gasteiger partial charge in [-0.25, -0.2) is 0 Å². The monoisotopic (exact) mass is 362 g/mol. The lowest BCUT2D eigenvalue weighted by Gasteiger charge is -2.16. The van der Waals surface area contributed by atoms with E-state index in [-0.39, 0.29) is 24.2 Å². The number of amides is 2.